The molecule has 0 aliphatic rings. The van der Waals surface area contributed by atoms with Crippen molar-refractivity contribution in [2.75, 3.05) is 11.9 Å². The van der Waals surface area contributed by atoms with Gasteiger partial charge in [-0.3, -0.25) is 9.48 Å². The second-order valence-corrected chi connectivity index (χ2v) is 5.76. The van der Waals surface area contributed by atoms with Crippen LogP contribution < -0.4 is 4.90 Å². The number of hydrogen-bond donors (Lipinski definition) is 0. The van der Waals surface area contributed by atoms with Crippen LogP contribution >= 0.6 is 27.5 Å². The van der Waals surface area contributed by atoms with Crippen LogP contribution in [0.25, 0.3) is 0 Å². The fourth-order valence-corrected chi connectivity index (χ4v) is 2.32. The Hall–Kier alpha value is -1.40. The molecule has 0 saturated heterocycles. The molecule has 2 aromatic heterocycles. The maximum absolute atomic E-state index is 12.4. The van der Waals surface area contributed by atoms with Crippen LogP contribution in [0.3, 0.4) is 0 Å². The van der Waals surface area contributed by atoms with Crippen molar-refractivity contribution in [1.29, 1.82) is 0 Å². The summed E-state index contributed by atoms with van der Waals surface area (Å²) in [6.45, 7) is 3.91. The molecule has 0 unspecified atom stereocenters. The van der Waals surface area contributed by atoms with Crippen LogP contribution in [0.2, 0.25) is 5.15 Å². The Morgan fingerprint density at radius 2 is 2.10 bits per heavy atom. The molecule has 0 atom stereocenters. The monoisotopic (exact) mass is 356 g/mol. The van der Waals surface area contributed by atoms with Crippen LogP contribution in [-0.4, -0.2) is 27.7 Å². The Morgan fingerprint density at radius 3 is 2.60 bits per heavy atom. The first-order chi connectivity index (χ1) is 9.41. The average Bonchev–Trinajstić information content (AvgIpc) is 2.80. The predicted octanol–water partition coefficient (Wildman–Crippen LogP) is 3.55. The van der Waals surface area contributed by atoms with Gasteiger partial charge in [-0.05, 0) is 41.9 Å². The molecular formula is C13H14BrClN4O. The van der Waals surface area contributed by atoms with E-state index in [1.165, 1.54) is 11.1 Å². The first kappa shape index (κ1) is 15.0. The standard InChI is InChI=1S/C13H14BrClN4O/c1-8(2)19-12(15)10(7-17-19)13(20)18(3)9-4-5-11(14)16-6-9/h4-8H,1-3H3. The van der Waals surface area contributed by atoms with E-state index in [1.54, 1.807) is 30.1 Å². The van der Waals surface area contributed by atoms with Gasteiger partial charge in [0.25, 0.3) is 5.91 Å². The van der Waals surface area contributed by atoms with Crippen molar-refractivity contribution >= 4 is 39.1 Å². The molecule has 0 aromatic carbocycles. The summed E-state index contributed by atoms with van der Waals surface area (Å²) >= 11 is 9.46. The minimum Gasteiger partial charge on any atom is -0.310 e. The van der Waals surface area contributed by atoms with Crippen LogP contribution in [0.15, 0.2) is 29.1 Å². The van der Waals surface area contributed by atoms with Gasteiger partial charge in [0.05, 0.1) is 23.6 Å². The molecule has 2 heterocycles. The lowest BCUT2D eigenvalue weighted by molar-refractivity contribution is 0.0993. The van der Waals surface area contributed by atoms with Crippen LogP contribution in [0.5, 0.6) is 0 Å². The number of rotatable bonds is 3. The topological polar surface area (TPSA) is 51.0 Å². The second kappa shape index (κ2) is 5.93. The molecule has 0 aliphatic carbocycles. The summed E-state index contributed by atoms with van der Waals surface area (Å²) in [6.07, 6.45) is 3.11. The zero-order valence-corrected chi connectivity index (χ0v) is 13.7. The average molecular weight is 358 g/mol. The zero-order chi connectivity index (χ0) is 14.9. The highest BCUT2D eigenvalue weighted by Gasteiger charge is 2.21. The zero-order valence-electron chi connectivity index (χ0n) is 11.3. The van der Waals surface area contributed by atoms with E-state index >= 15 is 0 Å². The number of carbonyl (C=O) groups is 1. The highest BCUT2D eigenvalue weighted by Crippen LogP contribution is 2.23. The van der Waals surface area contributed by atoms with Gasteiger partial charge >= 0.3 is 0 Å². The molecule has 0 saturated carbocycles. The highest BCUT2D eigenvalue weighted by molar-refractivity contribution is 9.10. The maximum atomic E-state index is 12.4. The smallest absolute Gasteiger partial charge is 0.262 e. The Kier molecular flexibility index (Phi) is 4.45. The fourth-order valence-electron chi connectivity index (χ4n) is 1.72. The SMILES string of the molecule is CC(C)n1ncc(C(=O)N(C)c2ccc(Br)nc2)c1Cl. The number of halogens is 2. The van der Waals surface area contributed by atoms with E-state index in [4.69, 9.17) is 11.6 Å². The molecule has 0 N–H and O–H groups in total. The molecule has 0 spiro atoms. The highest BCUT2D eigenvalue weighted by atomic mass is 79.9. The van der Waals surface area contributed by atoms with E-state index in [-0.39, 0.29) is 11.9 Å². The number of hydrogen-bond acceptors (Lipinski definition) is 3. The van der Waals surface area contributed by atoms with Gasteiger partial charge in [-0.25, -0.2) is 4.98 Å². The van der Waals surface area contributed by atoms with Gasteiger partial charge in [0, 0.05) is 13.1 Å². The minimum atomic E-state index is -0.217. The fraction of sp³-hybridized carbons (Fsp3) is 0.308. The molecule has 2 aromatic rings. The van der Waals surface area contributed by atoms with Crippen molar-refractivity contribution in [3.63, 3.8) is 0 Å². The third-order valence-electron chi connectivity index (χ3n) is 2.86. The van der Waals surface area contributed by atoms with Gasteiger partial charge in [0.15, 0.2) is 0 Å². The molecule has 5 nitrogen and oxygen atoms in total. The number of carbonyl (C=O) groups excluding carboxylic acids is 1. The summed E-state index contributed by atoms with van der Waals surface area (Å²) in [5.74, 6) is -0.217. The van der Waals surface area contributed by atoms with Gasteiger partial charge in [0.2, 0.25) is 0 Å². The van der Waals surface area contributed by atoms with E-state index < -0.39 is 0 Å². The van der Waals surface area contributed by atoms with Crippen molar-refractivity contribution in [3.05, 3.63) is 39.8 Å². The van der Waals surface area contributed by atoms with E-state index in [0.29, 0.717) is 21.0 Å². The predicted molar refractivity (Wildman–Crippen MR) is 82.3 cm³/mol. The number of amides is 1. The van der Waals surface area contributed by atoms with Crippen LogP contribution in [-0.2, 0) is 0 Å². The summed E-state index contributed by atoms with van der Waals surface area (Å²) < 4.78 is 2.33. The number of nitrogens with zero attached hydrogens (tertiary/aromatic N) is 4. The van der Waals surface area contributed by atoms with E-state index in [0.717, 1.165) is 0 Å². The first-order valence-corrected chi connectivity index (χ1v) is 7.21. The molecule has 20 heavy (non-hydrogen) atoms. The Balaban J connectivity index is 2.29. The summed E-state index contributed by atoms with van der Waals surface area (Å²) in [7, 11) is 1.68. The summed E-state index contributed by atoms with van der Waals surface area (Å²) in [5, 5.41) is 4.49. The minimum absolute atomic E-state index is 0.101. The molecular weight excluding hydrogens is 344 g/mol. The Morgan fingerprint density at radius 1 is 1.40 bits per heavy atom. The third kappa shape index (κ3) is 2.86. The molecule has 1 amide bonds. The van der Waals surface area contributed by atoms with Crippen LogP contribution in [0.4, 0.5) is 5.69 Å². The Labute approximate surface area is 130 Å². The molecule has 2 rings (SSSR count). The van der Waals surface area contributed by atoms with Crippen molar-refractivity contribution in [3.8, 4) is 0 Å². The van der Waals surface area contributed by atoms with Crippen LogP contribution in [0, 0.1) is 0 Å². The van der Waals surface area contributed by atoms with Crippen molar-refractivity contribution in [2.45, 2.75) is 19.9 Å². The molecule has 0 aliphatic heterocycles. The van der Waals surface area contributed by atoms with Gasteiger partial charge in [-0.15, -0.1) is 0 Å². The normalized spacial score (nSPS) is 10.9. The lowest BCUT2D eigenvalue weighted by Gasteiger charge is -2.16. The molecule has 7 heteroatoms. The van der Waals surface area contributed by atoms with Crippen molar-refractivity contribution in [2.24, 2.45) is 0 Å². The van der Waals surface area contributed by atoms with Gasteiger partial charge in [-0.1, -0.05) is 11.6 Å². The maximum Gasteiger partial charge on any atom is 0.262 e. The summed E-state index contributed by atoms with van der Waals surface area (Å²) in [5.41, 5.74) is 1.07. The lowest BCUT2D eigenvalue weighted by Crippen LogP contribution is -2.26. The van der Waals surface area contributed by atoms with Crippen molar-refractivity contribution < 1.29 is 4.79 Å². The number of aromatic nitrogens is 3. The molecule has 0 radical (unpaired) electrons. The summed E-state index contributed by atoms with van der Waals surface area (Å²) in [4.78, 5) is 18.0. The summed E-state index contributed by atoms with van der Waals surface area (Å²) in [6, 6.07) is 3.68. The van der Waals surface area contributed by atoms with Crippen LogP contribution in [0.1, 0.15) is 30.2 Å². The largest absolute Gasteiger partial charge is 0.310 e. The van der Waals surface area contributed by atoms with Crippen molar-refractivity contribution in [1.82, 2.24) is 14.8 Å². The van der Waals surface area contributed by atoms with Gasteiger partial charge in [-0.2, -0.15) is 5.10 Å². The Bertz CT molecular complexity index is 624. The van der Waals surface area contributed by atoms with E-state index in [9.17, 15) is 4.79 Å². The van der Waals surface area contributed by atoms with Gasteiger partial charge < -0.3 is 4.90 Å². The molecule has 106 valence electrons. The van der Waals surface area contributed by atoms with E-state index in [1.807, 2.05) is 13.8 Å². The quantitative estimate of drug-likeness (QED) is 0.789. The lowest BCUT2D eigenvalue weighted by atomic mass is 10.3. The second-order valence-electron chi connectivity index (χ2n) is 4.59. The number of anilines is 1. The first-order valence-electron chi connectivity index (χ1n) is 6.04. The number of pyridine rings is 1. The van der Waals surface area contributed by atoms with E-state index in [2.05, 4.69) is 26.0 Å². The molecule has 0 bridgehead atoms. The molecule has 0 fully saturated rings. The third-order valence-corrected chi connectivity index (χ3v) is 3.70. The van der Waals surface area contributed by atoms with Gasteiger partial charge in [0.1, 0.15) is 9.76 Å².